The van der Waals surface area contributed by atoms with Crippen molar-refractivity contribution in [2.75, 3.05) is 24.8 Å². The first-order chi connectivity index (χ1) is 14.2. The SMILES string of the molecule is CCOC(=O)CCC1CSC(c2cc3cc(OC)cc(NC4CCCC4)c3[nH]2)=N1. The number of esters is 1. The van der Waals surface area contributed by atoms with Crippen molar-refractivity contribution in [3.05, 3.63) is 23.9 Å². The fourth-order valence-corrected chi connectivity index (χ4v) is 5.16. The first-order valence-corrected chi connectivity index (χ1v) is 11.5. The van der Waals surface area contributed by atoms with Crippen LogP contribution >= 0.6 is 11.8 Å². The van der Waals surface area contributed by atoms with Gasteiger partial charge in [0.15, 0.2) is 0 Å². The summed E-state index contributed by atoms with van der Waals surface area (Å²) in [6.07, 6.45) is 6.18. The van der Waals surface area contributed by atoms with E-state index >= 15 is 0 Å². The number of H-pyrrole nitrogens is 1. The van der Waals surface area contributed by atoms with Gasteiger partial charge in [0.05, 0.1) is 36.7 Å². The standard InChI is InChI=1S/C22H29N3O3S/c1-3-28-20(26)9-8-16-13-29-22(24-16)19-11-14-10-17(27-2)12-18(21(14)25-19)23-15-6-4-5-7-15/h10-12,15-16,23,25H,3-9,13H2,1-2H3. The van der Waals surface area contributed by atoms with Crippen molar-refractivity contribution in [3.63, 3.8) is 0 Å². The van der Waals surface area contributed by atoms with E-state index in [4.69, 9.17) is 14.5 Å². The zero-order chi connectivity index (χ0) is 20.2. The Morgan fingerprint density at radius 3 is 2.90 bits per heavy atom. The van der Waals surface area contributed by atoms with Crippen LogP contribution in [-0.4, -0.2) is 47.6 Å². The van der Waals surface area contributed by atoms with Gasteiger partial charge in [-0.3, -0.25) is 9.79 Å². The van der Waals surface area contributed by atoms with Gasteiger partial charge in [0, 0.05) is 29.7 Å². The summed E-state index contributed by atoms with van der Waals surface area (Å²) in [4.78, 5) is 20.0. The molecule has 4 rings (SSSR count). The molecule has 1 aliphatic heterocycles. The Bertz CT molecular complexity index is 902. The number of aromatic amines is 1. The van der Waals surface area contributed by atoms with E-state index in [-0.39, 0.29) is 12.0 Å². The lowest BCUT2D eigenvalue weighted by Crippen LogP contribution is -2.14. The van der Waals surface area contributed by atoms with E-state index in [1.165, 1.54) is 25.7 Å². The van der Waals surface area contributed by atoms with E-state index < -0.39 is 0 Å². The van der Waals surface area contributed by atoms with Gasteiger partial charge in [-0.2, -0.15) is 0 Å². The third kappa shape index (κ3) is 4.71. The molecule has 1 saturated carbocycles. The number of thioether (sulfide) groups is 1. The van der Waals surface area contributed by atoms with Crippen LogP contribution in [0, 0.1) is 0 Å². The maximum Gasteiger partial charge on any atom is 0.305 e. The minimum Gasteiger partial charge on any atom is -0.497 e. The number of carbonyl (C=O) groups is 1. The molecule has 29 heavy (non-hydrogen) atoms. The van der Waals surface area contributed by atoms with Crippen LogP contribution in [0.1, 0.15) is 51.1 Å². The van der Waals surface area contributed by atoms with Crippen molar-refractivity contribution in [3.8, 4) is 5.75 Å². The lowest BCUT2D eigenvalue weighted by atomic mass is 10.1. The molecule has 156 valence electrons. The second kappa shape index (κ2) is 9.11. The van der Waals surface area contributed by atoms with E-state index in [1.54, 1.807) is 18.9 Å². The van der Waals surface area contributed by atoms with Crippen molar-refractivity contribution in [1.82, 2.24) is 4.98 Å². The van der Waals surface area contributed by atoms with Crippen molar-refractivity contribution in [2.24, 2.45) is 4.99 Å². The molecule has 6 nitrogen and oxygen atoms in total. The molecule has 1 atom stereocenters. The van der Waals surface area contributed by atoms with Crippen LogP contribution in [-0.2, 0) is 9.53 Å². The Hall–Kier alpha value is -2.15. The smallest absolute Gasteiger partial charge is 0.305 e. The van der Waals surface area contributed by atoms with Gasteiger partial charge < -0.3 is 19.8 Å². The fourth-order valence-electron chi connectivity index (χ4n) is 4.08. The largest absolute Gasteiger partial charge is 0.497 e. The molecule has 0 radical (unpaired) electrons. The first-order valence-electron chi connectivity index (χ1n) is 10.5. The van der Waals surface area contributed by atoms with E-state index in [1.807, 2.05) is 6.92 Å². The summed E-state index contributed by atoms with van der Waals surface area (Å²) < 4.78 is 10.5. The highest BCUT2D eigenvalue weighted by molar-refractivity contribution is 8.14. The van der Waals surface area contributed by atoms with E-state index in [0.29, 0.717) is 19.1 Å². The molecule has 0 spiro atoms. The Morgan fingerprint density at radius 1 is 1.31 bits per heavy atom. The number of aliphatic imine (C=N–C) groups is 1. The number of fused-ring (bicyclic) bond motifs is 1. The van der Waals surface area contributed by atoms with Crippen LogP contribution in [0.2, 0.25) is 0 Å². The summed E-state index contributed by atoms with van der Waals surface area (Å²) in [6.45, 7) is 2.27. The highest BCUT2D eigenvalue weighted by Gasteiger charge is 2.23. The molecule has 2 heterocycles. The zero-order valence-electron chi connectivity index (χ0n) is 17.1. The molecule has 1 aliphatic carbocycles. The predicted octanol–water partition coefficient (Wildman–Crippen LogP) is 4.74. The minimum absolute atomic E-state index is 0.138. The first kappa shape index (κ1) is 20.1. The molecule has 1 aromatic heterocycles. The number of benzene rings is 1. The van der Waals surface area contributed by atoms with Gasteiger partial charge >= 0.3 is 5.97 Å². The number of nitrogens with one attached hydrogen (secondary N) is 2. The zero-order valence-corrected chi connectivity index (χ0v) is 17.9. The summed E-state index contributed by atoms with van der Waals surface area (Å²) in [5.41, 5.74) is 3.23. The summed E-state index contributed by atoms with van der Waals surface area (Å²) in [5, 5.41) is 5.84. The third-order valence-corrected chi connectivity index (χ3v) is 6.73. The topological polar surface area (TPSA) is 75.7 Å². The number of methoxy groups -OCH3 is 1. The number of nitrogens with zero attached hydrogens (tertiary/aromatic N) is 1. The number of anilines is 1. The third-order valence-electron chi connectivity index (χ3n) is 5.58. The fraction of sp³-hybridized carbons (Fsp3) is 0.545. The van der Waals surface area contributed by atoms with Gasteiger partial charge in [0.1, 0.15) is 10.8 Å². The van der Waals surface area contributed by atoms with E-state index in [0.717, 1.165) is 45.3 Å². The van der Waals surface area contributed by atoms with Gasteiger partial charge in [0.25, 0.3) is 0 Å². The monoisotopic (exact) mass is 415 g/mol. The Morgan fingerprint density at radius 2 is 2.14 bits per heavy atom. The number of rotatable bonds is 8. The van der Waals surface area contributed by atoms with E-state index in [2.05, 4.69) is 28.5 Å². The molecule has 1 aromatic carbocycles. The molecule has 0 amide bonds. The number of hydrogen-bond acceptors (Lipinski definition) is 6. The van der Waals surface area contributed by atoms with Crippen molar-refractivity contribution in [1.29, 1.82) is 0 Å². The van der Waals surface area contributed by atoms with Crippen LogP contribution in [0.5, 0.6) is 5.75 Å². The minimum atomic E-state index is -0.138. The molecular formula is C22H29N3O3S. The molecule has 2 N–H and O–H groups in total. The predicted molar refractivity (Wildman–Crippen MR) is 119 cm³/mol. The lowest BCUT2D eigenvalue weighted by molar-refractivity contribution is -0.143. The number of carbonyl (C=O) groups excluding carboxylic acids is 1. The highest BCUT2D eigenvalue weighted by atomic mass is 32.2. The Kier molecular flexibility index (Phi) is 6.33. The van der Waals surface area contributed by atoms with Gasteiger partial charge in [-0.15, -0.1) is 11.8 Å². The second-order valence-electron chi connectivity index (χ2n) is 7.69. The van der Waals surface area contributed by atoms with Gasteiger partial charge in [-0.1, -0.05) is 12.8 Å². The van der Waals surface area contributed by atoms with Crippen LogP contribution in [0.15, 0.2) is 23.2 Å². The highest BCUT2D eigenvalue weighted by Crippen LogP contribution is 2.34. The normalized spacial score (nSPS) is 19.5. The Labute approximate surface area is 175 Å². The van der Waals surface area contributed by atoms with E-state index in [9.17, 15) is 4.79 Å². The molecule has 7 heteroatoms. The molecule has 1 fully saturated rings. The van der Waals surface area contributed by atoms with Gasteiger partial charge in [0.2, 0.25) is 0 Å². The molecule has 0 bridgehead atoms. The molecule has 1 unspecified atom stereocenters. The quantitative estimate of drug-likeness (QED) is 0.609. The summed E-state index contributed by atoms with van der Waals surface area (Å²) >= 11 is 1.75. The van der Waals surface area contributed by atoms with Crippen molar-refractivity contribution >= 4 is 39.4 Å². The molecule has 2 aromatic rings. The molecule has 0 saturated heterocycles. The average molecular weight is 416 g/mol. The molecular weight excluding hydrogens is 386 g/mol. The number of hydrogen-bond donors (Lipinski definition) is 2. The number of aromatic nitrogens is 1. The maximum absolute atomic E-state index is 11.6. The van der Waals surface area contributed by atoms with Crippen LogP contribution in [0.25, 0.3) is 10.9 Å². The van der Waals surface area contributed by atoms with Gasteiger partial charge in [-0.25, -0.2) is 0 Å². The summed E-state index contributed by atoms with van der Waals surface area (Å²) in [5.74, 6) is 1.62. The second-order valence-corrected chi connectivity index (χ2v) is 8.70. The summed E-state index contributed by atoms with van der Waals surface area (Å²) in [7, 11) is 1.71. The van der Waals surface area contributed by atoms with Crippen molar-refractivity contribution in [2.45, 2.75) is 57.5 Å². The van der Waals surface area contributed by atoms with Crippen LogP contribution in [0.3, 0.4) is 0 Å². The maximum atomic E-state index is 11.6. The lowest BCUT2D eigenvalue weighted by Gasteiger charge is -2.15. The van der Waals surface area contributed by atoms with Crippen LogP contribution in [0.4, 0.5) is 5.69 Å². The summed E-state index contributed by atoms with van der Waals surface area (Å²) in [6, 6.07) is 6.98. The van der Waals surface area contributed by atoms with Gasteiger partial charge in [-0.05, 0) is 38.3 Å². The molecule has 2 aliphatic rings. The average Bonchev–Trinajstić information content (AvgIpc) is 3.46. The van der Waals surface area contributed by atoms with Crippen LogP contribution < -0.4 is 10.1 Å². The Balaban J connectivity index is 1.53. The number of ether oxygens (including phenoxy) is 2. The van der Waals surface area contributed by atoms with Crippen molar-refractivity contribution < 1.29 is 14.3 Å².